The molecule has 0 bridgehead atoms. The first-order valence-corrected chi connectivity index (χ1v) is 6.89. The maximum atomic E-state index is 9.81. The fourth-order valence-electron chi connectivity index (χ4n) is 1.62. The lowest BCUT2D eigenvalue weighted by Gasteiger charge is -1.97. The Hall–Kier alpha value is -1.66. The molecule has 0 fully saturated rings. The van der Waals surface area contributed by atoms with E-state index in [0.29, 0.717) is 4.90 Å². The summed E-state index contributed by atoms with van der Waals surface area (Å²) in [5.74, 6) is 0.0906. The van der Waals surface area contributed by atoms with Gasteiger partial charge in [0.15, 0.2) is 10.2 Å². The Labute approximate surface area is 112 Å². The molecule has 2 heterocycles. The number of nitrogens with zero attached hydrogens (tertiary/aromatic N) is 2. The van der Waals surface area contributed by atoms with Crippen molar-refractivity contribution in [3.05, 3.63) is 30.3 Å². The molecule has 0 saturated carbocycles. The summed E-state index contributed by atoms with van der Waals surface area (Å²) >= 11 is 2.92. The highest BCUT2D eigenvalue weighted by molar-refractivity contribution is 8.01. The lowest BCUT2D eigenvalue weighted by Crippen LogP contribution is -1.83. The van der Waals surface area contributed by atoms with Crippen LogP contribution in [0.15, 0.2) is 39.6 Å². The van der Waals surface area contributed by atoms with Crippen molar-refractivity contribution in [1.29, 1.82) is 0 Å². The van der Waals surface area contributed by atoms with Gasteiger partial charge in [0.2, 0.25) is 5.88 Å². The second-order valence-corrected chi connectivity index (χ2v) is 6.12. The summed E-state index contributed by atoms with van der Waals surface area (Å²) in [5, 5.41) is 19.3. The first-order valence-electron chi connectivity index (χ1n) is 5.26. The molecule has 0 aliphatic carbocycles. The predicted molar refractivity (Wildman–Crippen MR) is 72.5 cm³/mol. The summed E-state index contributed by atoms with van der Waals surface area (Å²) < 4.78 is 3.28. The van der Waals surface area contributed by atoms with Gasteiger partial charge in [-0.25, -0.2) is 4.98 Å². The molecular weight excluding hydrogens is 268 g/mol. The number of rotatable bonds is 2. The number of hydrogen-bond donors (Lipinski definition) is 2. The van der Waals surface area contributed by atoms with Gasteiger partial charge in [0.1, 0.15) is 0 Å². The van der Waals surface area contributed by atoms with Crippen LogP contribution in [0.3, 0.4) is 0 Å². The van der Waals surface area contributed by atoms with Crippen LogP contribution in [0.25, 0.3) is 10.2 Å². The molecule has 0 aliphatic rings. The van der Waals surface area contributed by atoms with E-state index in [1.54, 1.807) is 18.4 Å². The molecule has 3 aromatic rings. The second kappa shape index (κ2) is 4.22. The zero-order valence-electron chi connectivity index (χ0n) is 9.49. The summed E-state index contributed by atoms with van der Waals surface area (Å²) in [5.41, 5.74) is 0.949. The topological polar surface area (TPSA) is 58.3 Å². The Morgan fingerprint density at radius 1 is 1.28 bits per heavy atom. The largest absolute Gasteiger partial charge is 0.494 e. The molecule has 18 heavy (non-hydrogen) atoms. The van der Waals surface area contributed by atoms with E-state index in [9.17, 15) is 10.2 Å². The number of hydrogen-bond acceptors (Lipinski definition) is 5. The van der Waals surface area contributed by atoms with Crippen LogP contribution in [-0.2, 0) is 7.05 Å². The van der Waals surface area contributed by atoms with E-state index in [1.165, 1.54) is 22.4 Å². The third-order valence-corrected chi connectivity index (χ3v) is 4.73. The van der Waals surface area contributed by atoms with Crippen molar-refractivity contribution in [2.75, 3.05) is 0 Å². The molecule has 0 unspecified atom stereocenters. The minimum absolute atomic E-state index is 0.0381. The van der Waals surface area contributed by atoms with Crippen molar-refractivity contribution in [3.8, 4) is 11.8 Å². The van der Waals surface area contributed by atoms with Gasteiger partial charge in [0.05, 0.1) is 15.1 Å². The second-order valence-electron chi connectivity index (χ2n) is 3.80. The van der Waals surface area contributed by atoms with Gasteiger partial charge in [0, 0.05) is 13.1 Å². The van der Waals surface area contributed by atoms with Crippen LogP contribution in [-0.4, -0.2) is 19.8 Å². The molecular formula is C12H10N2O2S2. The van der Waals surface area contributed by atoms with Gasteiger partial charge in [-0.05, 0) is 12.1 Å². The standard InChI is InChI=1S/C12H10N2O2S2/c1-14-10(15)6-9(11(14)16)18-12-13-7-4-2-3-5-8(7)17-12/h2-6,15-16H,1H3. The SMILES string of the molecule is Cn1c(O)cc(Sc2nc3ccccc3s2)c1O. The fraction of sp³-hybridized carbons (Fsp3) is 0.0833. The Bertz CT molecular complexity index is 685. The quantitative estimate of drug-likeness (QED) is 0.756. The van der Waals surface area contributed by atoms with Gasteiger partial charge in [-0.15, -0.1) is 11.3 Å². The molecule has 2 N–H and O–H groups in total. The van der Waals surface area contributed by atoms with Crippen molar-refractivity contribution in [2.45, 2.75) is 9.24 Å². The molecule has 2 aromatic heterocycles. The Morgan fingerprint density at radius 2 is 2.06 bits per heavy atom. The zero-order chi connectivity index (χ0) is 12.7. The van der Waals surface area contributed by atoms with Crippen LogP contribution >= 0.6 is 23.1 Å². The van der Waals surface area contributed by atoms with Crippen molar-refractivity contribution < 1.29 is 10.2 Å². The number of thiazole rings is 1. The molecule has 0 aliphatic heterocycles. The molecule has 92 valence electrons. The van der Waals surface area contributed by atoms with Gasteiger partial charge >= 0.3 is 0 Å². The molecule has 0 radical (unpaired) electrons. The van der Waals surface area contributed by atoms with Gasteiger partial charge in [-0.1, -0.05) is 23.9 Å². The van der Waals surface area contributed by atoms with Crippen LogP contribution in [0.1, 0.15) is 0 Å². The smallest absolute Gasteiger partial charge is 0.208 e. The third-order valence-electron chi connectivity index (χ3n) is 2.61. The van der Waals surface area contributed by atoms with E-state index in [1.807, 2.05) is 24.3 Å². The van der Waals surface area contributed by atoms with E-state index in [-0.39, 0.29) is 11.8 Å². The van der Waals surface area contributed by atoms with Gasteiger partial charge in [-0.2, -0.15) is 0 Å². The molecule has 0 spiro atoms. The van der Waals surface area contributed by atoms with Crippen LogP contribution in [0.2, 0.25) is 0 Å². The molecule has 1 aromatic carbocycles. The van der Waals surface area contributed by atoms with E-state index < -0.39 is 0 Å². The van der Waals surface area contributed by atoms with Crippen molar-refractivity contribution in [1.82, 2.24) is 9.55 Å². The number of para-hydroxylation sites is 1. The van der Waals surface area contributed by atoms with E-state index in [0.717, 1.165) is 14.6 Å². The van der Waals surface area contributed by atoms with Crippen LogP contribution in [0.5, 0.6) is 11.8 Å². The maximum Gasteiger partial charge on any atom is 0.208 e. The Balaban J connectivity index is 1.98. The molecule has 3 rings (SSSR count). The number of aromatic nitrogens is 2. The monoisotopic (exact) mass is 278 g/mol. The normalized spacial score (nSPS) is 11.2. The van der Waals surface area contributed by atoms with Crippen LogP contribution in [0, 0.1) is 0 Å². The highest BCUT2D eigenvalue weighted by atomic mass is 32.2. The first kappa shape index (κ1) is 11.4. The van der Waals surface area contributed by atoms with E-state index >= 15 is 0 Å². The van der Waals surface area contributed by atoms with Crippen molar-refractivity contribution >= 4 is 33.3 Å². The lowest BCUT2D eigenvalue weighted by molar-refractivity contribution is 0.383. The van der Waals surface area contributed by atoms with Gasteiger partial charge in [0.25, 0.3) is 0 Å². The summed E-state index contributed by atoms with van der Waals surface area (Å²) in [6.45, 7) is 0. The zero-order valence-corrected chi connectivity index (χ0v) is 11.1. The first-order chi connectivity index (χ1) is 8.65. The van der Waals surface area contributed by atoms with E-state index in [4.69, 9.17) is 0 Å². The number of aromatic hydroxyl groups is 2. The summed E-state index contributed by atoms with van der Waals surface area (Å²) in [6.07, 6.45) is 0. The number of benzene rings is 1. The average Bonchev–Trinajstić information content (AvgIpc) is 2.87. The molecule has 6 heteroatoms. The fourth-order valence-corrected chi connectivity index (χ4v) is 3.74. The van der Waals surface area contributed by atoms with Gasteiger partial charge in [-0.3, -0.25) is 4.57 Å². The van der Waals surface area contributed by atoms with Crippen LogP contribution < -0.4 is 0 Å². The summed E-state index contributed by atoms with van der Waals surface area (Å²) in [6, 6.07) is 9.42. The predicted octanol–water partition coefficient (Wildman–Crippen LogP) is 3.20. The molecule has 4 nitrogen and oxygen atoms in total. The third kappa shape index (κ3) is 1.83. The molecule has 0 atom stereocenters. The Kier molecular flexibility index (Phi) is 2.68. The van der Waals surface area contributed by atoms with Crippen LogP contribution in [0.4, 0.5) is 0 Å². The minimum atomic E-state index is 0.0381. The molecule has 0 saturated heterocycles. The van der Waals surface area contributed by atoms with Crippen molar-refractivity contribution in [3.63, 3.8) is 0 Å². The highest BCUT2D eigenvalue weighted by Gasteiger charge is 2.14. The lowest BCUT2D eigenvalue weighted by atomic mass is 10.3. The summed E-state index contributed by atoms with van der Waals surface area (Å²) in [7, 11) is 1.60. The summed E-state index contributed by atoms with van der Waals surface area (Å²) in [4.78, 5) is 5.07. The van der Waals surface area contributed by atoms with E-state index in [2.05, 4.69) is 4.98 Å². The maximum absolute atomic E-state index is 9.81. The average molecular weight is 278 g/mol. The van der Waals surface area contributed by atoms with Crippen molar-refractivity contribution in [2.24, 2.45) is 7.05 Å². The Morgan fingerprint density at radius 3 is 2.72 bits per heavy atom. The van der Waals surface area contributed by atoms with Gasteiger partial charge < -0.3 is 10.2 Å². The number of fused-ring (bicyclic) bond motifs is 1. The molecule has 0 amide bonds. The highest BCUT2D eigenvalue weighted by Crippen LogP contribution is 2.41. The minimum Gasteiger partial charge on any atom is -0.494 e.